The molecule has 1 saturated carbocycles. The van der Waals surface area contributed by atoms with Crippen LogP contribution < -0.4 is 11.2 Å². The van der Waals surface area contributed by atoms with E-state index >= 15 is 0 Å². The molecule has 1 amide bonds. The van der Waals surface area contributed by atoms with E-state index in [4.69, 9.17) is 10.6 Å². The molecule has 90 valence electrons. The SMILES string of the molecule is CC(C)CONC1C(=O)C(=O)C1CC(N)=O. The number of hydrogen-bond donors (Lipinski definition) is 2. The first-order valence-corrected chi connectivity index (χ1v) is 5.17. The normalized spacial score (nSPS) is 24.7. The van der Waals surface area contributed by atoms with Gasteiger partial charge in [0, 0.05) is 6.42 Å². The molecule has 6 nitrogen and oxygen atoms in total. The van der Waals surface area contributed by atoms with Crippen LogP contribution in [0.4, 0.5) is 0 Å². The van der Waals surface area contributed by atoms with Crippen LogP contribution in [0.15, 0.2) is 0 Å². The van der Waals surface area contributed by atoms with Crippen LogP contribution in [0.1, 0.15) is 20.3 Å². The van der Waals surface area contributed by atoms with Crippen LogP contribution in [0.25, 0.3) is 0 Å². The number of carbonyl (C=O) groups is 3. The first-order valence-electron chi connectivity index (χ1n) is 5.17. The van der Waals surface area contributed by atoms with Crippen molar-refractivity contribution in [2.45, 2.75) is 26.3 Å². The van der Waals surface area contributed by atoms with Gasteiger partial charge in [0.15, 0.2) is 0 Å². The summed E-state index contributed by atoms with van der Waals surface area (Å²) in [5, 5.41) is 0. The molecule has 0 spiro atoms. The molecule has 0 aromatic heterocycles. The van der Waals surface area contributed by atoms with Gasteiger partial charge in [-0.05, 0) is 5.92 Å². The Morgan fingerprint density at radius 1 is 1.44 bits per heavy atom. The van der Waals surface area contributed by atoms with Crippen molar-refractivity contribution in [1.82, 2.24) is 5.48 Å². The van der Waals surface area contributed by atoms with Crippen molar-refractivity contribution in [2.24, 2.45) is 17.6 Å². The van der Waals surface area contributed by atoms with E-state index in [0.29, 0.717) is 12.5 Å². The zero-order valence-corrected chi connectivity index (χ0v) is 9.36. The lowest BCUT2D eigenvalue weighted by Gasteiger charge is -2.32. The van der Waals surface area contributed by atoms with Gasteiger partial charge in [0.2, 0.25) is 17.5 Å². The van der Waals surface area contributed by atoms with Crippen molar-refractivity contribution in [2.75, 3.05) is 6.61 Å². The van der Waals surface area contributed by atoms with Gasteiger partial charge >= 0.3 is 0 Å². The van der Waals surface area contributed by atoms with Crippen LogP contribution in [0, 0.1) is 11.8 Å². The number of nitrogens with one attached hydrogen (secondary N) is 1. The summed E-state index contributed by atoms with van der Waals surface area (Å²) in [6.45, 7) is 4.34. The van der Waals surface area contributed by atoms with E-state index in [-0.39, 0.29) is 6.42 Å². The number of carbonyl (C=O) groups excluding carboxylic acids is 3. The largest absolute Gasteiger partial charge is 0.370 e. The first kappa shape index (κ1) is 12.8. The minimum atomic E-state index is -0.723. The minimum Gasteiger partial charge on any atom is -0.370 e. The molecule has 0 radical (unpaired) electrons. The topological polar surface area (TPSA) is 98.5 Å². The standard InChI is InChI=1S/C10H16N2O4/c1-5(2)4-16-12-8-6(3-7(11)13)9(14)10(8)15/h5-6,8,12H,3-4H2,1-2H3,(H2,11,13). The molecule has 2 unspecified atom stereocenters. The zero-order chi connectivity index (χ0) is 12.3. The fourth-order valence-electron chi connectivity index (χ4n) is 1.44. The summed E-state index contributed by atoms with van der Waals surface area (Å²) in [6.07, 6.45) is -0.118. The molecule has 6 heteroatoms. The molecule has 3 N–H and O–H groups in total. The Labute approximate surface area is 93.5 Å². The second-order valence-corrected chi connectivity index (χ2v) is 4.31. The maximum Gasteiger partial charge on any atom is 0.218 e. The monoisotopic (exact) mass is 228 g/mol. The maximum absolute atomic E-state index is 11.2. The predicted octanol–water partition coefficient (Wildman–Crippen LogP) is -0.824. The average molecular weight is 228 g/mol. The highest BCUT2D eigenvalue weighted by molar-refractivity contribution is 6.47. The summed E-state index contributed by atoms with van der Waals surface area (Å²) in [5.41, 5.74) is 7.49. The summed E-state index contributed by atoms with van der Waals surface area (Å²) < 4.78 is 0. The summed E-state index contributed by atoms with van der Waals surface area (Å²) in [5.74, 6) is -2.05. The third-order valence-corrected chi connectivity index (χ3v) is 2.31. The van der Waals surface area contributed by atoms with Crippen molar-refractivity contribution in [3.05, 3.63) is 0 Å². The van der Waals surface area contributed by atoms with E-state index in [1.165, 1.54) is 0 Å². The first-order chi connectivity index (χ1) is 7.43. The quantitative estimate of drug-likeness (QED) is 0.457. The molecule has 0 aromatic carbocycles. The summed E-state index contributed by atoms with van der Waals surface area (Å²) in [6, 6.07) is -0.723. The van der Waals surface area contributed by atoms with Crippen LogP contribution in [0.5, 0.6) is 0 Å². The smallest absolute Gasteiger partial charge is 0.218 e. The van der Waals surface area contributed by atoms with Crippen molar-refractivity contribution < 1.29 is 19.2 Å². The number of rotatable bonds is 6. The molecule has 0 heterocycles. The number of primary amides is 1. The Bertz CT molecular complexity index is 314. The van der Waals surface area contributed by atoms with Crippen molar-refractivity contribution in [3.8, 4) is 0 Å². The average Bonchev–Trinajstić information content (AvgIpc) is 2.20. The molecule has 0 aliphatic heterocycles. The van der Waals surface area contributed by atoms with E-state index < -0.39 is 29.4 Å². The Hall–Kier alpha value is -1.27. The molecular formula is C10H16N2O4. The van der Waals surface area contributed by atoms with Gasteiger partial charge < -0.3 is 10.6 Å². The Morgan fingerprint density at radius 3 is 2.56 bits per heavy atom. The number of nitrogens with two attached hydrogens (primary N) is 1. The molecule has 0 bridgehead atoms. The number of amides is 1. The maximum atomic E-state index is 11.2. The molecule has 1 aliphatic rings. The van der Waals surface area contributed by atoms with Crippen molar-refractivity contribution >= 4 is 17.5 Å². The zero-order valence-electron chi connectivity index (χ0n) is 9.36. The number of Topliss-reactive ketones (excluding diaryl/α,β-unsaturated/α-hetero) is 2. The van der Waals surface area contributed by atoms with Gasteiger partial charge in [0.05, 0.1) is 12.5 Å². The van der Waals surface area contributed by atoms with E-state index in [1.807, 2.05) is 13.8 Å². The van der Waals surface area contributed by atoms with E-state index in [9.17, 15) is 14.4 Å². The third kappa shape index (κ3) is 2.86. The number of ketones is 2. The van der Waals surface area contributed by atoms with Crippen LogP contribution in [-0.4, -0.2) is 30.1 Å². The van der Waals surface area contributed by atoms with Gasteiger partial charge in [-0.15, -0.1) is 0 Å². The van der Waals surface area contributed by atoms with Crippen LogP contribution >= 0.6 is 0 Å². The van der Waals surface area contributed by atoms with Gasteiger partial charge in [-0.3, -0.25) is 14.4 Å². The molecule has 1 fully saturated rings. The minimum absolute atomic E-state index is 0.118. The van der Waals surface area contributed by atoms with Crippen molar-refractivity contribution in [3.63, 3.8) is 0 Å². The molecule has 0 aromatic rings. The van der Waals surface area contributed by atoms with Gasteiger partial charge in [-0.2, -0.15) is 5.48 Å². The highest BCUT2D eigenvalue weighted by atomic mass is 16.6. The fraction of sp³-hybridized carbons (Fsp3) is 0.700. The van der Waals surface area contributed by atoms with E-state index in [1.54, 1.807) is 0 Å². The fourth-order valence-corrected chi connectivity index (χ4v) is 1.44. The molecule has 1 aliphatic carbocycles. The highest BCUT2D eigenvalue weighted by Gasteiger charge is 2.49. The molecule has 1 rings (SSSR count). The molecular weight excluding hydrogens is 212 g/mol. The molecule has 2 atom stereocenters. The predicted molar refractivity (Wildman–Crippen MR) is 55.0 cm³/mol. The second kappa shape index (κ2) is 5.18. The van der Waals surface area contributed by atoms with Crippen LogP contribution in [-0.2, 0) is 19.2 Å². The Balaban J connectivity index is 2.42. The van der Waals surface area contributed by atoms with Crippen LogP contribution in [0.3, 0.4) is 0 Å². The van der Waals surface area contributed by atoms with Gasteiger partial charge in [0.1, 0.15) is 6.04 Å². The summed E-state index contributed by atoms with van der Waals surface area (Å²) in [7, 11) is 0. The van der Waals surface area contributed by atoms with Crippen LogP contribution in [0.2, 0.25) is 0 Å². The molecule has 0 saturated heterocycles. The summed E-state index contributed by atoms with van der Waals surface area (Å²) >= 11 is 0. The van der Waals surface area contributed by atoms with Gasteiger partial charge in [0.25, 0.3) is 0 Å². The number of hydrogen-bond acceptors (Lipinski definition) is 5. The Morgan fingerprint density at radius 2 is 2.06 bits per heavy atom. The lowest BCUT2D eigenvalue weighted by atomic mass is 9.75. The van der Waals surface area contributed by atoms with Gasteiger partial charge in [-0.25, -0.2) is 0 Å². The number of hydroxylamine groups is 1. The van der Waals surface area contributed by atoms with Gasteiger partial charge in [-0.1, -0.05) is 13.8 Å². The molecule has 16 heavy (non-hydrogen) atoms. The third-order valence-electron chi connectivity index (χ3n) is 2.31. The van der Waals surface area contributed by atoms with Crippen molar-refractivity contribution in [1.29, 1.82) is 0 Å². The lowest BCUT2D eigenvalue weighted by molar-refractivity contribution is -0.157. The van der Waals surface area contributed by atoms with E-state index in [0.717, 1.165) is 0 Å². The summed E-state index contributed by atoms with van der Waals surface area (Å²) in [4.78, 5) is 38.1. The second-order valence-electron chi connectivity index (χ2n) is 4.31. The highest BCUT2D eigenvalue weighted by Crippen LogP contribution is 2.23. The Kier molecular flexibility index (Phi) is 4.14. The van der Waals surface area contributed by atoms with E-state index in [2.05, 4.69) is 5.48 Å². The lowest BCUT2D eigenvalue weighted by Crippen LogP contribution is -2.61.